The predicted octanol–water partition coefficient (Wildman–Crippen LogP) is 2.68. The van der Waals surface area contributed by atoms with E-state index in [2.05, 4.69) is 4.98 Å². The van der Waals surface area contributed by atoms with Crippen molar-refractivity contribution in [2.45, 2.75) is 20.5 Å². The topological polar surface area (TPSA) is 68.5 Å². The molecule has 0 fully saturated rings. The zero-order valence-electron chi connectivity index (χ0n) is 11.5. The molecule has 1 heterocycles. The Labute approximate surface area is 122 Å². The van der Waals surface area contributed by atoms with Gasteiger partial charge in [0.1, 0.15) is 12.4 Å². The zero-order valence-corrected chi connectivity index (χ0v) is 12.3. The number of rotatable bonds is 5. The summed E-state index contributed by atoms with van der Waals surface area (Å²) in [6.07, 6.45) is 0. The third kappa shape index (κ3) is 3.48. The minimum absolute atomic E-state index is 0.00912. The van der Waals surface area contributed by atoms with E-state index in [0.717, 1.165) is 5.69 Å². The molecule has 0 spiro atoms. The zero-order chi connectivity index (χ0) is 14.5. The van der Waals surface area contributed by atoms with Gasteiger partial charge in [-0.25, -0.2) is 4.98 Å². The van der Waals surface area contributed by atoms with Crippen LogP contribution in [0, 0.1) is 0 Å². The molecule has 1 amide bonds. The Hall–Kier alpha value is -2.08. The number of ether oxygens (including phenoxy) is 1. The molecule has 2 rings (SSSR count). The Bertz CT molecular complexity index is 598. The summed E-state index contributed by atoms with van der Waals surface area (Å²) < 4.78 is 5.62. The molecule has 0 bridgehead atoms. The average Bonchev–Trinajstić information content (AvgIpc) is 2.85. The average molecular weight is 291 g/mol. The van der Waals surface area contributed by atoms with E-state index in [9.17, 15) is 4.79 Å². The molecule has 1 aromatic carbocycles. The molecule has 0 radical (unpaired) electrons. The van der Waals surface area contributed by atoms with E-state index in [1.807, 2.05) is 24.4 Å². The summed E-state index contributed by atoms with van der Waals surface area (Å²) in [5.74, 6) is 0.698. The molecule has 5 nitrogen and oxygen atoms in total. The first-order valence-electron chi connectivity index (χ1n) is 6.31. The minimum atomic E-state index is -0.00912. The highest BCUT2D eigenvalue weighted by Crippen LogP contribution is 2.22. The Morgan fingerprint density at radius 2 is 2.30 bits per heavy atom. The number of carbonyl (C=O) groups is 1. The fourth-order valence-corrected chi connectivity index (χ4v) is 2.66. The summed E-state index contributed by atoms with van der Waals surface area (Å²) in [4.78, 5) is 17.5. The molecule has 2 aromatic rings. The number of benzene rings is 1. The molecule has 0 saturated heterocycles. The summed E-state index contributed by atoms with van der Waals surface area (Å²) in [7, 11) is 0. The largest absolute Gasteiger partial charge is 0.487 e. The lowest BCUT2D eigenvalue weighted by Crippen LogP contribution is -2.27. The van der Waals surface area contributed by atoms with Gasteiger partial charge in [0.2, 0.25) is 5.91 Å². The molecule has 6 heteroatoms. The maximum absolute atomic E-state index is 11.4. The van der Waals surface area contributed by atoms with Crippen molar-refractivity contribution in [1.29, 1.82) is 0 Å². The van der Waals surface area contributed by atoms with Crippen LogP contribution in [0.4, 0.5) is 10.8 Å². The highest BCUT2D eigenvalue weighted by atomic mass is 32.1. The highest BCUT2D eigenvalue weighted by molar-refractivity contribution is 7.14. The van der Waals surface area contributed by atoms with Crippen LogP contribution in [0.3, 0.4) is 0 Å². The van der Waals surface area contributed by atoms with Crippen LogP contribution < -0.4 is 15.4 Å². The van der Waals surface area contributed by atoms with Crippen LogP contribution in [0.5, 0.6) is 5.75 Å². The van der Waals surface area contributed by atoms with Crippen molar-refractivity contribution < 1.29 is 9.53 Å². The van der Waals surface area contributed by atoms with Crippen molar-refractivity contribution in [3.8, 4) is 5.75 Å². The molecule has 20 heavy (non-hydrogen) atoms. The number of nitrogens with two attached hydrogens (primary N) is 1. The van der Waals surface area contributed by atoms with E-state index in [1.54, 1.807) is 17.0 Å². The van der Waals surface area contributed by atoms with Gasteiger partial charge in [-0.1, -0.05) is 6.07 Å². The summed E-state index contributed by atoms with van der Waals surface area (Å²) in [5.41, 5.74) is 7.15. The molecule has 0 saturated carbocycles. The van der Waals surface area contributed by atoms with Crippen molar-refractivity contribution in [3.05, 3.63) is 35.3 Å². The Morgan fingerprint density at radius 1 is 1.50 bits per heavy atom. The molecular weight excluding hydrogens is 274 g/mol. The second-order valence-corrected chi connectivity index (χ2v) is 5.08. The molecular formula is C14H17N3O2S. The fourth-order valence-electron chi connectivity index (χ4n) is 1.74. The van der Waals surface area contributed by atoms with Gasteiger partial charge in [-0.3, -0.25) is 9.69 Å². The van der Waals surface area contributed by atoms with Crippen molar-refractivity contribution in [1.82, 2.24) is 4.98 Å². The van der Waals surface area contributed by atoms with Crippen molar-refractivity contribution in [2.24, 2.45) is 0 Å². The molecule has 0 atom stereocenters. The van der Waals surface area contributed by atoms with Crippen LogP contribution in [-0.4, -0.2) is 17.4 Å². The number of nitrogen functional groups attached to an aromatic ring is 1. The standard InChI is InChI=1S/C14H17N3O2S/c1-3-17(10(2)18)14-16-12(9-20-14)8-19-13-6-4-5-11(15)7-13/h4-7,9H,3,8,15H2,1-2H3. The smallest absolute Gasteiger partial charge is 0.225 e. The maximum atomic E-state index is 11.4. The Kier molecular flexibility index (Phi) is 4.57. The highest BCUT2D eigenvalue weighted by Gasteiger charge is 2.13. The second-order valence-electron chi connectivity index (χ2n) is 4.25. The SMILES string of the molecule is CCN(C(C)=O)c1nc(COc2cccc(N)c2)cs1. The van der Waals surface area contributed by atoms with E-state index in [4.69, 9.17) is 10.5 Å². The fraction of sp³-hybridized carbons (Fsp3) is 0.286. The third-order valence-electron chi connectivity index (χ3n) is 2.71. The van der Waals surface area contributed by atoms with Crippen molar-refractivity contribution in [2.75, 3.05) is 17.2 Å². The molecule has 0 unspecified atom stereocenters. The minimum Gasteiger partial charge on any atom is -0.487 e. The number of amides is 1. The van der Waals surface area contributed by atoms with Gasteiger partial charge in [-0.2, -0.15) is 0 Å². The van der Waals surface area contributed by atoms with Gasteiger partial charge in [0.15, 0.2) is 5.13 Å². The van der Waals surface area contributed by atoms with Crippen LogP contribution in [0.25, 0.3) is 0 Å². The first kappa shape index (κ1) is 14.3. The van der Waals surface area contributed by atoms with Gasteiger partial charge in [0, 0.05) is 30.6 Å². The third-order valence-corrected chi connectivity index (χ3v) is 3.62. The number of hydrogen-bond donors (Lipinski definition) is 1. The number of aromatic nitrogens is 1. The van der Waals surface area contributed by atoms with Gasteiger partial charge < -0.3 is 10.5 Å². The van der Waals surface area contributed by atoms with Crippen LogP contribution in [0.15, 0.2) is 29.6 Å². The maximum Gasteiger partial charge on any atom is 0.225 e. The van der Waals surface area contributed by atoms with Crippen LogP contribution in [-0.2, 0) is 11.4 Å². The molecule has 106 valence electrons. The van der Waals surface area contributed by atoms with Gasteiger partial charge in [-0.05, 0) is 19.1 Å². The second kappa shape index (κ2) is 6.38. The lowest BCUT2D eigenvalue weighted by atomic mass is 10.3. The summed E-state index contributed by atoms with van der Waals surface area (Å²) in [6.45, 7) is 4.42. The number of thiazole rings is 1. The van der Waals surface area contributed by atoms with Gasteiger partial charge >= 0.3 is 0 Å². The lowest BCUT2D eigenvalue weighted by molar-refractivity contribution is -0.116. The first-order chi connectivity index (χ1) is 9.60. The summed E-state index contributed by atoms with van der Waals surface area (Å²) in [5, 5.41) is 2.60. The summed E-state index contributed by atoms with van der Waals surface area (Å²) >= 11 is 1.44. The molecule has 1 aromatic heterocycles. The first-order valence-corrected chi connectivity index (χ1v) is 7.19. The normalized spacial score (nSPS) is 10.3. The van der Waals surface area contributed by atoms with E-state index >= 15 is 0 Å². The number of hydrogen-bond acceptors (Lipinski definition) is 5. The van der Waals surface area contributed by atoms with Gasteiger partial charge in [0.05, 0.1) is 5.69 Å². The van der Waals surface area contributed by atoms with Gasteiger partial charge in [-0.15, -0.1) is 11.3 Å². The van der Waals surface area contributed by atoms with Crippen molar-refractivity contribution >= 4 is 28.1 Å². The Balaban J connectivity index is 2.01. The van der Waals surface area contributed by atoms with E-state index in [-0.39, 0.29) is 5.91 Å². The quantitative estimate of drug-likeness (QED) is 0.860. The molecule has 2 N–H and O–H groups in total. The number of anilines is 2. The predicted molar refractivity (Wildman–Crippen MR) is 81.0 cm³/mol. The number of carbonyl (C=O) groups excluding carboxylic acids is 1. The monoisotopic (exact) mass is 291 g/mol. The van der Waals surface area contributed by atoms with Crippen LogP contribution >= 0.6 is 11.3 Å². The van der Waals surface area contributed by atoms with Crippen LogP contribution in [0.1, 0.15) is 19.5 Å². The summed E-state index contributed by atoms with van der Waals surface area (Å²) in [6, 6.07) is 7.25. The molecule has 0 aliphatic carbocycles. The van der Waals surface area contributed by atoms with E-state index in [1.165, 1.54) is 18.3 Å². The number of nitrogens with zero attached hydrogens (tertiary/aromatic N) is 2. The molecule has 0 aliphatic rings. The molecule has 0 aliphatic heterocycles. The van der Waals surface area contributed by atoms with E-state index in [0.29, 0.717) is 29.7 Å². The lowest BCUT2D eigenvalue weighted by Gasteiger charge is -2.14. The van der Waals surface area contributed by atoms with Crippen LogP contribution in [0.2, 0.25) is 0 Å². The van der Waals surface area contributed by atoms with Gasteiger partial charge in [0.25, 0.3) is 0 Å². The Morgan fingerprint density at radius 3 is 2.95 bits per heavy atom. The van der Waals surface area contributed by atoms with Crippen molar-refractivity contribution in [3.63, 3.8) is 0 Å². The van der Waals surface area contributed by atoms with E-state index < -0.39 is 0 Å².